The number of nitrogens with zero attached hydrogens (tertiary/aromatic N) is 1. The van der Waals surface area contributed by atoms with Crippen molar-refractivity contribution in [3.8, 4) is 0 Å². The van der Waals surface area contributed by atoms with Crippen LogP contribution < -0.4 is 5.32 Å². The van der Waals surface area contributed by atoms with Gasteiger partial charge in [-0.3, -0.25) is 9.69 Å². The predicted molar refractivity (Wildman–Crippen MR) is 78.0 cm³/mol. The molecule has 19 heavy (non-hydrogen) atoms. The second-order valence-corrected chi connectivity index (χ2v) is 6.75. The van der Waals surface area contributed by atoms with Gasteiger partial charge in [0.2, 0.25) is 5.91 Å². The van der Waals surface area contributed by atoms with E-state index in [-0.39, 0.29) is 24.0 Å². The van der Waals surface area contributed by atoms with Gasteiger partial charge in [-0.1, -0.05) is 13.8 Å². The number of carbonyl (C=O) groups excluding carboxylic acids is 1. The highest BCUT2D eigenvalue weighted by Crippen LogP contribution is 2.26. The average Bonchev–Trinajstić information content (AvgIpc) is 2.65. The van der Waals surface area contributed by atoms with Gasteiger partial charge in [0.05, 0.1) is 6.04 Å². The number of likely N-dealkylation sites (tertiary alicyclic amines) is 1. The SMILES string of the molecule is CC1CCC(C)N1C(C)C(=O)NCC(C)(C)CCO. The minimum absolute atomic E-state index is 0.0492. The third-order valence-electron chi connectivity index (χ3n) is 4.38. The molecular formula is C15H30N2O2. The van der Waals surface area contributed by atoms with E-state index in [1.54, 1.807) is 0 Å². The van der Waals surface area contributed by atoms with Crippen molar-refractivity contribution in [3.05, 3.63) is 0 Å². The third-order valence-corrected chi connectivity index (χ3v) is 4.38. The summed E-state index contributed by atoms with van der Waals surface area (Å²) in [7, 11) is 0. The molecule has 0 aromatic carbocycles. The number of hydrogen-bond acceptors (Lipinski definition) is 3. The van der Waals surface area contributed by atoms with Crippen LogP contribution >= 0.6 is 0 Å². The highest BCUT2D eigenvalue weighted by Gasteiger charge is 2.34. The van der Waals surface area contributed by atoms with Crippen LogP contribution in [0, 0.1) is 5.41 Å². The summed E-state index contributed by atoms with van der Waals surface area (Å²) in [6.07, 6.45) is 3.06. The maximum Gasteiger partial charge on any atom is 0.237 e. The lowest BCUT2D eigenvalue weighted by molar-refractivity contribution is -0.127. The zero-order valence-electron chi connectivity index (χ0n) is 13.1. The minimum atomic E-state index is -0.0718. The van der Waals surface area contributed by atoms with Gasteiger partial charge in [-0.2, -0.15) is 0 Å². The van der Waals surface area contributed by atoms with E-state index >= 15 is 0 Å². The topological polar surface area (TPSA) is 52.6 Å². The van der Waals surface area contributed by atoms with E-state index in [0.717, 1.165) is 0 Å². The summed E-state index contributed by atoms with van der Waals surface area (Å²) in [5.41, 5.74) is -0.0492. The fourth-order valence-corrected chi connectivity index (χ4v) is 2.98. The summed E-state index contributed by atoms with van der Waals surface area (Å²) in [5.74, 6) is 0.103. The van der Waals surface area contributed by atoms with Gasteiger partial charge in [0.15, 0.2) is 0 Å². The second kappa shape index (κ2) is 6.71. The molecule has 1 aliphatic heterocycles. The van der Waals surface area contributed by atoms with Crippen LogP contribution in [0.2, 0.25) is 0 Å². The van der Waals surface area contributed by atoms with Crippen molar-refractivity contribution in [2.24, 2.45) is 5.41 Å². The van der Waals surface area contributed by atoms with Crippen LogP contribution in [0.4, 0.5) is 0 Å². The van der Waals surface area contributed by atoms with Crippen LogP contribution in [-0.4, -0.2) is 47.2 Å². The van der Waals surface area contributed by atoms with E-state index < -0.39 is 0 Å². The lowest BCUT2D eigenvalue weighted by Crippen LogP contribution is -2.50. The number of rotatable bonds is 6. The normalized spacial score (nSPS) is 26.4. The van der Waals surface area contributed by atoms with Gasteiger partial charge in [0.1, 0.15) is 0 Å². The molecule has 0 radical (unpaired) electrons. The maximum atomic E-state index is 12.3. The predicted octanol–water partition coefficient (Wildman–Crippen LogP) is 1.77. The quantitative estimate of drug-likeness (QED) is 0.773. The molecule has 4 nitrogen and oxygen atoms in total. The van der Waals surface area contributed by atoms with Gasteiger partial charge in [-0.15, -0.1) is 0 Å². The molecular weight excluding hydrogens is 240 g/mol. The van der Waals surface area contributed by atoms with E-state index in [1.807, 2.05) is 6.92 Å². The van der Waals surface area contributed by atoms with Crippen molar-refractivity contribution in [2.45, 2.75) is 72.0 Å². The maximum absolute atomic E-state index is 12.3. The zero-order chi connectivity index (χ0) is 14.6. The number of nitrogens with one attached hydrogen (secondary N) is 1. The van der Waals surface area contributed by atoms with Gasteiger partial charge < -0.3 is 10.4 Å². The van der Waals surface area contributed by atoms with Crippen molar-refractivity contribution in [1.82, 2.24) is 10.2 Å². The number of carbonyl (C=O) groups is 1. The fourth-order valence-electron chi connectivity index (χ4n) is 2.98. The Morgan fingerprint density at radius 2 is 1.89 bits per heavy atom. The van der Waals surface area contributed by atoms with Crippen molar-refractivity contribution >= 4 is 5.91 Å². The van der Waals surface area contributed by atoms with Gasteiger partial charge in [0.25, 0.3) is 0 Å². The molecule has 0 aromatic heterocycles. The zero-order valence-corrected chi connectivity index (χ0v) is 13.1. The Hall–Kier alpha value is -0.610. The van der Waals surface area contributed by atoms with Gasteiger partial charge >= 0.3 is 0 Å². The van der Waals surface area contributed by atoms with E-state index in [1.165, 1.54) is 12.8 Å². The summed E-state index contributed by atoms with van der Waals surface area (Å²) in [5, 5.41) is 12.0. The standard InChI is InChI=1S/C15H30N2O2/c1-11-6-7-12(2)17(11)13(3)14(19)16-10-15(4,5)8-9-18/h11-13,18H,6-10H2,1-5H3,(H,16,19). The molecule has 0 aliphatic carbocycles. The Bertz CT molecular complexity index is 295. The van der Waals surface area contributed by atoms with Gasteiger partial charge in [-0.25, -0.2) is 0 Å². The van der Waals surface area contributed by atoms with Crippen LogP contribution in [0.5, 0.6) is 0 Å². The number of aliphatic hydroxyl groups is 1. The Labute approximate surface area is 117 Å². The summed E-state index contributed by atoms with van der Waals surface area (Å²) >= 11 is 0. The molecule has 2 N–H and O–H groups in total. The van der Waals surface area contributed by atoms with Crippen LogP contribution in [-0.2, 0) is 4.79 Å². The monoisotopic (exact) mass is 270 g/mol. The molecule has 1 rings (SSSR count). The highest BCUT2D eigenvalue weighted by atomic mass is 16.3. The van der Waals surface area contributed by atoms with Crippen molar-refractivity contribution in [1.29, 1.82) is 0 Å². The average molecular weight is 270 g/mol. The Kier molecular flexibility index (Phi) is 5.81. The van der Waals surface area contributed by atoms with Crippen molar-refractivity contribution < 1.29 is 9.90 Å². The first-order valence-corrected chi connectivity index (χ1v) is 7.44. The van der Waals surface area contributed by atoms with E-state index in [2.05, 4.69) is 37.9 Å². The third kappa shape index (κ3) is 4.46. The molecule has 1 fully saturated rings. The lowest BCUT2D eigenvalue weighted by Gasteiger charge is -2.32. The lowest BCUT2D eigenvalue weighted by atomic mass is 9.89. The molecule has 1 aliphatic rings. The summed E-state index contributed by atoms with van der Waals surface area (Å²) < 4.78 is 0. The first-order valence-electron chi connectivity index (χ1n) is 7.44. The number of hydrogen-bond donors (Lipinski definition) is 2. The summed E-state index contributed by atoms with van der Waals surface area (Å²) in [4.78, 5) is 14.6. The largest absolute Gasteiger partial charge is 0.396 e. The molecule has 0 spiro atoms. The fraction of sp³-hybridized carbons (Fsp3) is 0.933. The molecule has 4 heteroatoms. The Balaban J connectivity index is 2.49. The first-order chi connectivity index (χ1) is 8.78. The molecule has 0 saturated carbocycles. The number of amides is 1. The second-order valence-electron chi connectivity index (χ2n) is 6.75. The van der Waals surface area contributed by atoms with Crippen LogP contribution in [0.3, 0.4) is 0 Å². The molecule has 112 valence electrons. The molecule has 1 amide bonds. The van der Waals surface area contributed by atoms with E-state index in [9.17, 15) is 4.79 Å². The summed E-state index contributed by atoms with van der Waals surface area (Å²) in [6, 6.07) is 0.903. The molecule has 3 unspecified atom stereocenters. The van der Waals surface area contributed by atoms with Crippen LogP contribution in [0.15, 0.2) is 0 Å². The first kappa shape index (κ1) is 16.4. The molecule has 1 heterocycles. The van der Waals surface area contributed by atoms with Crippen molar-refractivity contribution in [2.75, 3.05) is 13.2 Å². The Morgan fingerprint density at radius 1 is 1.37 bits per heavy atom. The van der Waals surface area contributed by atoms with E-state index in [0.29, 0.717) is 25.0 Å². The molecule has 0 bridgehead atoms. The molecule has 1 saturated heterocycles. The summed E-state index contributed by atoms with van der Waals surface area (Å²) in [6.45, 7) is 11.3. The number of aliphatic hydroxyl groups excluding tert-OH is 1. The minimum Gasteiger partial charge on any atom is -0.396 e. The van der Waals surface area contributed by atoms with Crippen LogP contribution in [0.1, 0.15) is 53.9 Å². The highest BCUT2D eigenvalue weighted by molar-refractivity contribution is 5.81. The van der Waals surface area contributed by atoms with Gasteiger partial charge in [0, 0.05) is 25.2 Å². The Morgan fingerprint density at radius 3 is 2.37 bits per heavy atom. The van der Waals surface area contributed by atoms with E-state index in [4.69, 9.17) is 5.11 Å². The molecule has 0 aromatic rings. The van der Waals surface area contributed by atoms with Gasteiger partial charge in [-0.05, 0) is 45.4 Å². The molecule has 3 atom stereocenters. The van der Waals surface area contributed by atoms with Crippen LogP contribution in [0.25, 0.3) is 0 Å². The van der Waals surface area contributed by atoms with Crippen molar-refractivity contribution in [3.63, 3.8) is 0 Å². The smallest absolute Gasteiger partial charge is 0.237 e.